The van der Waals surface area contributed by atoms with E-state index in [9.17, 15) is 4.79 Å². The van der Waals surface area contributed by atoms with E-state index in [1.807, 2.05) is 40.9 Å². The molecule has 8 aromatic carbocycles. The first-order chi connectivity index (χ1) is 27.7. The van der Waals surface area contributed by atoms with Gasteiger partial charge < -0.3 is 0 Å². The Kier molecular flexibility index (Phi) is 8.80. The first kappa shape index (κ1) is 33.9. The van der Waals surface area contributed by atoms with Gasteiger partial charge in [0.05, 0.1) is 0 Å². The number of thiophene rings is 2. The lowest BCUT2D eigenvalue weighted by atomic mass is 9.84. The molecule has 0 saturated heterocycles. The van der Waals surface area contributed by atoms with E-state index in [1.54, 1.807) is 0 Å². The summed E-state index contributed by atoms with van der Waals surface area (Å²) < 4.78 is 0. The van der Waals surface area contributed by atoms with Gasteiger partial charge in [-0.1, -0.05) is 152 Å². The fourth-order valence-electron chi connectivity index (χ4n) is 7.93. The molecule has 3 heteroatoms. The molecule has 0 aliphatic carbocycles. The molecule has 0 N–H and O–H groups in total. The smallest absolute Gasteiger partial charge is 0.150 e. The second-order valence-corrected chi connectivity index (χ2v) is 16.2. The van der Waals surface area contributed by atoms with Gasteiger partial charge in [-0.25, -0.2) is 0 Å². The molecule has 0 unspecified atom stereocenters. The van der Waals surface area contributed by atoms with Gasteiger partial charge in [0.25, 0.3) is 0 Å². The van der Waals surface area contributed by atoms with Crippen molar-refractivity contribution >= 4 is 50.5 Å². The molecule has 0 saturated carbocycles. The van der Waals surface area contributed by atoms with E-state index >= 15 is 0 Å². The van der Waals surface area contributed by atoms with Gasteiger partial charge in [-0.15, -0.1) is 22.7 Å². The molecule has 0 aliphatic rings. The lowest BCUT2D eigenvalue weighted by Crippen LogP contribution is -1.92. The Bertz CT molecular complexity index is 3040. The third-order valence-electron chi connectivity index (χ3n) is 10.6. The Morgan fingerprint density at radius 1 is 0.286 bits per heavy atom. The lowest BCUT2D eigenvalue weighted by molar-refractivity contribution is 0.112. The van der Waals surface area contributed by atoms with Crippen LogP contribution in [0.1, 0.15) is 10.4 Å². The Morgan fingerprint density at radius 3 is 1.25 bits per heavy atom. The molecule has 0 atom stereocenters. The van der Waals surface area contributed by atoms with Crippen molar-refractivity contribution in [3.05, 3.63) is 206 Å². The summed E-state index contributed by atoms with van der Waals surface area (Å²) in [6.45, 7) is 0. The summed E-state index contributed by atoms with van der Waals surface area (Å²) in [7, 11) is 0. The van der Waals surface area contributed by atoms with Crippen LogP contribution in [0.15, 0.2) is 200 Å². The quantitative estimate of drug-likeness (QED) is 0.112. The van der Waals surface area contributed by atoms with E-state index in [4.69, 9.17) is 0 Å². The number of hydrogen-bond acceptors (Lipinski definition) is 3. The number of benzene rings is 8. The third-order valence-corrected chi connectivity index (χ3v) is 12.9. The Morgan fingerprint density at radius 2 is 0.696 bits per heavy atom. The number of fused-ring (bicyclic) bond motifs is 2. The average molecular weight is 751 g/mol. The predicted octanol–water partition coefficient (Wildman–Crippen LogP) is 15.6. The second-order valence-electron chi connectivity index (χ2n) is 14.0. The number of carbonyl (C=O) groups is 1. The van der Waals surface area contributed by atoms with Gasteiger partial charge in [-0.3, -0.25) is 4.79 Å². The molecule has 264 valence electrons. The number of carbonyl (C=O) groups excluding carboxylic acids is 1. The molecule has 0 fully saturated rings. The van der Waals surface area contributed by atoms with Crippen molar-refractivity contribution in [3.63, 3.8) is 0 Å². The van der Waals surface area contributed by atoms with Gasteiger partial charge in [-0.05, 0) is 126 Å². The van der Waals surface area contributed by atoms with Gasteiger partial charge in [0.1, 0.15) is 6.29 Å². The van der Waals surface area contributed by atoms with Gasteiger partial charge in [0.15, 0.2) is 0 Å². The fraction of sp³-hybridized carbons (Fsp3) is 0. The van der Waals surface area contributed by atoms with E-state index in [-0.39, 0.29) is 0 Å². The average Bonchev–Trinajstić information content (AvgIpc) is 3.98. The Hall–Kier alpha value is -6.65. The summed E-state index contributed by atoms with van der Waals surface area (Å²) >= 11 is 3.65. The molecular weight excluding hydrogens is 717 g/mol. The summed E-state index contributed by atoms with van der Waals surface area (Å²) in [5, 5.41) is 4.78. The molecule has 0 amide bonds. The van der Waals surface area contributed by atoms with Gasteiger partial charge in [0, 0.05) is 25.1 Å². The van der Waals surface area contributed by atoms with Crippen LogP contribution in [0.3, 0.4) is 0 Å². The zero-order valence-corrected chi connectivity index (χ0v) is 32.0. The highest BCUT2D eigenvalue weighted by atomic mass is 32.1. The van der Waals surface area contributed by atoms with Crippen LogP contribution in [0.25, 0.3) is 96.7 Å². The summed E-state index contributed by atoms with van der Waals surface area (Å²) in [6.07, 6.45) is 0.921. The maximum Gasteiger partial charge on any atom is 0.150 e. The second kappa shape index (κ2) is 14.5. The van der Waals surface area contributed by atoms with Gasteiger partial charge in [0.2, 0.25) is 0 Å². The summed E-state index contributed by atoms with van der Waals surface area (Å²) in [4.78, 5) is 16.8. The Labute approximate surface area is 334 Å². The SMILES string of the molecule is O=Cc1cccc(-c2ccc3c(-c4cccc(-c5ccc(-c6ccccc6)s5)c4)c4ccccc4c(-c4cccc(-c5ccc(-c6ccccc6)s5)c4)c3c2)c1. The molecule has 0 spiro atoms. The van der Waals surface area contributed by atoms with Crippen LogP contribution in [0.2, 0.25) is 0 Å². The van der Waals surface area contributed by atoms with Gasteiger partial charge >= 0.3 is 0 Å². The van der Waals surface area contributed by atoms with Crippen LogP contribution in [0.5, 0.6) is 0 Å². The first-order valence-electron chi connectivity index (χ1n) is 18.8. The van der Waals surface area contributed by atoms with E-state index in [0.717, 1.165) is 17.4 Å². The van der Waals surface area contributed by atoms with E-state index in [1.165, 1.54) is 85.6 Å². The van der Waals surface area contributed by atoms with Crippen molar-refractivity contribution in [2.24, 2.45) is 0 Å². The molecule has 56 heavy (non-hydrogen) atoms. The minimum atomic E-state index is 0.668. The van der Waals surface area contributed by atoms with E-state index in [2.05, 4.69) is 182 Å². The molecule has 0 radical (unpaired) electrons. The van der Waals surface area contributed by atoms with Crippen molar-refractivity contribution in [2.45, 2.75) is 0 Å². The molecule has 2 aromatic heterocycles. The normalized spacial score (nSPS) is 11.3. The molecular formula is C53H34OS2. The highest BCUT2D eigenvalue weighted by Crippen LogP contribution is 2.47. The highest BCUT2D eigenvalue weighted by Gasteiger charge is 2.19. The van der Waals surface area contributed by atoms with Crippen LogP contribution in [-0.4, -0.2) is 6.29 Å². The van der Waals surface area contributed by atoms with E-state index in [0.29, 0.717) is 5.56 Å². The maximum atomic E-state index is 11.8. The zero-order chi connectivity index (χ0) is 37.4. The molecule has 10 rings (SSSR count). The van der Waals surface area contributed by atoms with Crippen LogP contribution in [-0.2, 0) is 0 Å². The lowest BCUT2D eigenvalue weighted by Gasteiger charge is -2.19. The number of rotatable bonds is 8. The Balaban J connectivity index is 1.18. The zero-order valence-electron chi connectivity index (χ0n) is 30.4. The largest absolute Gasteiger partial charge is 0.298 e. The summed E-state index contributed by atoms with van der Waals surface area (Å²) in [6, 6.07) is 71.7. The van der Waals surface area contributed by atoms with Crippen molar-refractivity contribution in [1.82, 2.24) is 0 Å². The minimum absolute atomic E-state index is 0.668. The summed E-state index contributed by atoms with van der Waals surface area (Å²) in [5.74, 6) is 0. The third kappa shape index (κ3) is 6.27. The predicted molar refractivity (Wildman–Crippen MR) is 241 cm³/mol. The highest BCUT2D eigenvalue weighted by molar-refractivity contribution is 7.19. The van der Waals surface area contributed by atoms with E-state index < -0.39 is 0 Å². The number of hydrogen-bond donors (Lipinski definition) is 0. The van der Waals surface area contributed by atoms with Crippen molar-refractivity contribution in [2.75, 3.05) is 0 Å². The fourth-order valence-corrected chi connectivity index (χ4v) is 9.94. The van der Waals surface area contributed by atoms with Crippen LogP contribution in [0.4, 0.5) is 0 Å². The molecule has 2 heterocycles. The number of aldehydes is 1. The standard InChI is InChI=1S/C53H34OS2/c54-34-35-12-9-17-38(30-35)39-24-25-46-47(33-39)53(43-21-11-19-41(32-43)51-29-27-49(56-51)37-15-5-2-6-16-37)45-23-8-7-22-44(45)52(46)42-20-10-18-40(31-42)50-28-26-48(55-50)36-13-3-1-4-14-36/h1-34H. The van der Waals surface area contributed by atoms with Crippen LogP contribution < -0.4 is 0 Å². The van der Waals surface area contributed by atoms with Gasteiger partial charge in [-0.2, -0.15) is 0 Å². The van der Waals surface area contributed by atoms with Crippen molar-refractivity contribution in [3.8, 4) is 75.1 Å². The topological polar surface area (TPSA) is 17.1 Å². The molecule has 0 aliphatic heterocycles. The molecule has 1 nitrogen and oxygen atoms in total. The van der Waals surface area contributed by atoms with Crippen LogP contribution in [0, 0.1) is 0 Å². The summed E-state index contributed by atoms with van der Waals surface area (Å²) in [5.41, 5.74) is 12.4. The van der Waals surface area contributed by atoms with Crippen molar-refractivity contribution in [1.29, 1.82) is 0 Å². The first-order valence-corrected chi connectivity index (χ1v) is 20.4. The monoisotopic (exact) mass is 750 g/mol. The minimum Gasteiger partial charge on any atom is -0.298 e. The molecule has 0 bridgehead atoms. The van der Waals surface area contributed by atoms with Crippen LogP contribution >= 0.6 is 22.7 Å². The molecule has 10 aromatic rings. The maximum absolute atomic E-state index is 11.8. The van der Waals surface area contributed by atoms with Crippen molar-refractivity contribution < 1.29 is 4.79 Å².